The van der Waals surface area contributed by atoms with E-state index >= 15 is 0 Å². The number of aromatic nitrogens is 4. The van der Waals surface area contributed by atoms with E-state index in [1.165, 1.54) is 15.7 Å². The van der Waals surface area contributed by atoms with Crippen molar-refractivity contribution in [1.29, 1.82) is 0 Å². The molecule has 0 bridgehead atoms. The molecule has 1 fully saturated rings. The van der Waals surface area contributed by atoms with Gasteiger partial charge in [-0.05, 0) is 29.6 Å². The third-order valence-electron chi connectivity index (χ3n) is 4.88. The molecule has 9 heteroatoms. The minimum absolute atomic E-state index is 0.117. The highest BCUT2D eigenvalue weighted by Gasteiger charge is 2.25. The quantitative estimate of drug-likeness (QED) is 0.516. The maximum atomic E-state index is 13.2. The summed E-state index contributed by atoms with van der Waals surface area (Å²) < 4.78 is 2.05. The van der Waals surface area contributed by atoms with Gasteiger partial charge in [-0.1, -0.05) is 0 Å². The number of amides is 1. The Kier molecular flexibility index (Phi) is 4.01. The van der Waals surface area contributed by atoms with Gasteiger partial charge in [0.1, 0.15) is 4.70 Å². The number of piperazine rings is 1. The molecule has 0 spiro atoms. The van der Waals surface area contributed by atoms with Gasteiger partial charge in [-0.2, -0.15) is 0 Å². The molecule has 140 valence electrons. The topological polar surface area (TPSA) is 83.7 Å². The predicted molar refractivity (Wildman–Crippen MR) is 107 cm³/mol. The lowest BCUT2D eigenvalue weighted by molar-refractivity contribution is 0.0747. The highest BCUT2D eigenvalue weighted by atomic mass is 32.1. The number of carbonyl (C=O) groups excluding carboxylic acids is 1. The number of carbonyl (C=O) groups is 1. The molecule has 1 amide bonds. The van der Waals surface area contributed by atoms with Crippen LogP contribution in [0.4, 0.5) is 5.95 Å². The van der Waals surface area contributed by atoms with E-state index < -0.39 is 0 Å². The van der Waals surface area contributed by atoms with Crippen LogP contribution in [0.5, 0.6) is 0 Å². The first-order chi connectivity index (χ1) is 13.7. The summed E-state index contributed by atoms with van der Waals surface area (Å²) >= 11 is 1.36. The van der Waals surface area contributed by atoms with Gasteiger partial charge >= 0.3 is 0 Å². The normalized spacial score (nSPS) is 14.7. The van der Waals surface area contributed by atoms with Gasteiger partial charge in [0.25, 0.3) is 11.5 Å². The van der Waals surface area contributed by atoms with Crippen LogP contribution >= 0.6 is 11.3 Å². The Morgan fingerprint density at radius 1 is 1.04 bits per heavy atom. The number of hydrogen-bond acceptors (Lipinski definition) is 7. The van der Waals surface area contributed by atoms with Crippen LogP contribution in [0.3, 0.4) is 0 Å². The van der Waals surface area contributed by atoms with Gasteiger partial charge in [0.2, 0.25) is 5.95 Å². The van der Waals surface area contributed by atoms with Gasteiger partial charge in [-0.15, -0.1) is 11.3 Å². The van der Waals surface area contributed by atoms with Crippen molar-refractivity contribution in [2.24, 2.45) is 0 Å². The van der Waals surface area contributed by atoms with Crippen LogP contribution in [0.1, 0.15) is 10.4 Å². The highest BCUT2D eigenvalue weighted by molar-refractivity contribution is 7.17. The second-order valence-electron chi connectivity index (χ2n) is 6.50. The standard InChI is InChI=1S/C19H16N6O2S/c26-17(23-8-10-24(11-9-23)19-20-5-2-6-21-19)13-3-1-7-25-16(13)22-14-4-12-28-15(14)18(25)27/h1-7,12H,8-11H2. The van der Waals surface area contributed by atoms with Crippen LogP contribution in [-0.2, 0) is 0 Å². The molecule has 0 unspecified atom stereocenters. The Balaban J connectivity index is 1.45. The van der Waals surface area contributed by atoms with Crippen molar-refractivity contribution in [3.63, 3.8) is 0 Å². The van der Waals surface area contributed by atoms with E-state index in [1.54, 1.807) is 47.8 Å². The fourth-order valence-corrected chi connectivity index (χ4v) is 4.22. The number of nitrogens with zero attached hydrogens (tertiary/aromatic N) is 6. The largest absolute Gasteiger partial charge is 0.337 e. The molecule has 5 heterocycles. The van der Waals surface area contributed by atoms with Gasteiger partial charge in [-0.25, -0.2) is 15.0 Å². The summed E-state index contributed by atoms with van der Waals surface area (Å²) in [6, 6.07) is 7.04. The lowest BCUT2D eigenvalue weighted by atomic mass is 10.2. The third-order valence-corrected chi connectivity index (χ3v) is 5.77. The first-order valence-corrected chi connectivity index (χ1v) is 9.80. The number of pyridine rings is 1. The highest BCUT2D eigenvalue weighted by Crippen LogP contribution is 2.19. The molecule has 0 aliphatic carbocycles. The summed E-state index contributed by atoms with van der Waals surface area (Å²) in [7, 11) is 0. The van der Waals surface area contributed by atoms with Gasteiger partial charge in [0, 0.05) is 44.8 Å². The number of thiophene rings is 1. The Labute approximate surface area is 163 Å². The van der Waals surface area contributed by atoms with E-state index in [-0.39, 0.29) is 11.5 Å². The smallest absolute Gasteiger partial charge is 0.275 e. The zero-order chi connectivity index (χ0) is 19.1. The fraction of sp³-hybridized carbons (Fsp3) is 0.211. The van der Waals surface area contributed by atoms with Crippen molar-refractivity contribution in [2.75, 3.05) is 31.1 Å². The molecule has 0 N–H and O–H groups in total. The zero-order valence-corrected chi connectivity index (χ0v) is 15.7. The summed E-state index contributed by atoms with van der Waals surface area (Å²) in [6.07, 6.45) is 5.08. The van der Waals surface area contributed by atoms with E-state index in [0.29, 0.717) is 53.6 Å². The molecule has 0 saturated carbocycles. The van der Waals surface area contributed by atoms with Crippen molar-refractivity contribution in [3.05, 3.63) is 64.2 Å². The van der Waals surface area contributed by atoms with Crippen molar-refractivity contribution < 1.29 is 4.79 Å². The summed E-state index contributed by atoms with van der Waals surface area (Å²) in [5, 5.41) is 1.84. The molecule has 28 heavy (non-hydrogen) atoms. The number of anilines is 1. The SMILES string of the molecule is O=C(c1cccn2c(=O)c3sccc3nc12)N1CCN(c2ncccn2)CC1. The van der Waals surface area contributed by atoms with E-state index in [2.05, 4.69) is 19.9 Å². The first kappa shape index (κ1) is 16.8. The van der Waals surface area contributed by atoms with Gasteiger partial charge in [0.15, 0.2) is 5.65 Å². The van der Waals surface area contributed by atoms with Crippen LogP contribution < -0.4 is 10.5 Å². The molecule has 8 nitrogen and oxygen atoms in total. The molecule has 1 aliphatic heterocycles. The van der Waals surface area contributed by atoms with Crippen LogP contribution in [0.15, 0.2) is 53.0 Å². The van der Waals surface area contributed by atoms with Crippen molar-refractivity contribution in [3.8, 4) is 0 Å². The van der Waals surface area contributed by atoms with Gasteiger partial charge in [0.05, 0.1) is 11.1 Å². The molecule has 4 aromatic rings. The second kappa shape index (κ2) is 6.68. The van der Waals surface area contributed by atoms with Crippen molar-refractivity contribution in [1.82, 2.24) is 24.3 Å². The summed E-state index contributed by atoms with van der Waals surface area (Å²) in [5.41, 5.74) is 1.33. The Morgan fingerprint density at radius 3 is 2.61 bits per heavy atom. The Bertz CT molecular complexity index is 1230. The number of hydrogen-bond donors (Lipinski definition) is 0. The van der Waals surface area contributed by atoms with Crippen molar-refractivity contribution in [2.45, 2.75) is 0 Å². The molecular weight excluding hydrogens is 376 g/mol. The number of rotatable bonds is 2. The zero-order valence-electron chi connectivity index (χ0n) is 14.9. The second-order valence-corrected chi connectivity index (χ2v) is 7.41. The number of fused-ring (bicyclic) bond motifs is 2. The molecule has 1 saturated heterocycles. The Hall–Kier alpha value is -3.33. The lowest BCUT2D eigenvalue weighted by Crippen LogP contribution is -2.49. The fourth-order valence-electron chi connectivity index (χ4n) is 3.45. The summed E-state index contributed by atoms with van der Waals surface area (Å²) in [4.78, 5) is 42.8. The van der Waals surface area contributed by atoms with Crippen LogP contribution in [-0.4, -0.2) is 56.3 Å². The van der Waals surface area contributed by atoms with Gasteiger partial charge in [-0.3, -0.25) is 14.0 Å². The third kappa shape index (κ3) is 2.71. The summed E-state index contributed by atoms with van der Waals surface area (Å²) in [5.74, 6) is 0.557. The minimum atomic E-state index is -0.143. The van der Waals surface area contributed by atoms with Crippen LogP contribution in [0.25, 0.3) is 15.9 Å². The maximum absolute atomic E-state index is 13.2. The molecule has 5 rings (SSSR count). The van der Waals surface area contributed by atoms with E-state index in [1.807, 2.05) is 5.38 Å². The monoisotopic (exact) mass is 392 g/mol. The van der Waals surface area contributed by atoms with Crippen LogP contribution in [0.2, 0.25) is 0 Å². The molecule has 0 aromatic carbocycles. The summed E-state index contributed by atoms with van der Waals surface area (Å²) in [6.45, 7) is 2.43. The molecule has 0 atom stereocenters. The Morgan fingerprint density at radius 2 is 1.82 bits per heavy atom. The predicted octanol–water partition coefficient (Wildman–Crippen LogP) is 1.66. The average Bonchev–Trinajstić information content (AvgIpc) is 3.23. The molecule has 0 radical (unpaired) electrons. The molecular formula is C19H16N6O2S. The average molecular weight is 392 g/mol. The van der Waals surface area contributed by atoms with Crippen molar-refractivity contribution >= 4 is 39.1 Å². The maximum Gasteiger partial charge on any atom is 0.275 e. The lowest BCUT2D eigenvalue weighted by Gasteiger charge is -2.34. The molecule has 1 aliphatic rings. The van der Waals surface area contributed by atoms with Crippen LogP contribution in [0, 0.1) is 0 Å². The molecule has 4 aromatic heterocycles. The van der Waals surface area contributed by atoms with E-state index in [4.69, 9.17) is 0 Å². The van der Waals surface area contributed by atoms with Gasteiger partial charge < -0.3 is 9.80 Å². The first-order valence-electron chi connectivity index (χ1n) is 8.92. The minimum Gasteiger partial charge on any atom is -0.337 e. The van der Waals surface area contributed by atoms with E-state index in [0.717, 1.165) is 0 Å². The van der Waals surface area contributed by atoms with E-state index in [9.17, 15) is 9.59 Å².